The van der Waals surface area contributed by atoms with Crippen LogP contribution in [0.3, 0.4) is 0 Å². The first-order valence-electron chi connectivity index (χ1n) is 6.92. The van der Waals surface area contributed by atoms with Gasteiger partial charge in [-0.1, -0.05) is 32.8 Å². The third kappa shape index (κ3) is 3.12. The molecule has 5 heteroatoms. The third-order valence-electron chi connectivity index (χ3n) is 3.69. The summed E-state index contributed by atoms with van der Waals surface area (Å²) >= 11 is 6.52. The second-order valence-corrected chi connectivity index (χ2v) is 5.53. The number of carbonyl (C=O) groups excluding carboxylic acids is 2. The van der Waals surface area contributed by atoms with Crippen LogP contribution in [-0.4, -0.2) is 11.8 Å². The normalized spacial score (nSPS) is 16.2. The first-order valence-corrected chi connectivity index (χ1v) is 7.36. The molecule has 4 nitrogen and oxygen atoms in total. The summed E-state index contributed by atoms with van der Waals surface area (Å²) in [5.74, 6) is -0.200. The zero-order chi connectivity index (χ0) is 14.7. The fraction of sp³-hybridized carbons (Fsp3) is 0.467. The van der Waals surface area contributed by atoms with E-state index in [0.29, 0.717) is 17.3 Å². The summed E-state index contributed by atoms with van der Waals surface area (Å²) < 4.78 is 0. The predicted molar refractivity (Wildman–Crippen MR) is 81.0 cm³/mol. The highest BCUT2D eigenvalue weighted by Gasteiger charge is 2.22. The summed E-state index contributed by atoms with van der Waals surface area (Å²) in [5.41, 5.74) is 2.21. The van der Waals surface area contributed by atoms with Crippen molar-refractivity contribution in [3.63, 3.8) is 0 Å². The van der Waals surface area contributed by atoms with Gasteiger partial charge >= 0.3 is 0 Å². The van der Waals surface area contributed by atoms with E-state index in [-0.39, 0.29) is 23.6 Å². The second-order valence-electron chi connectivity index (χ2n) is 5.06. The summed E-state index contributed by atoms with van der Waals surface area (Å²) in [5, 5.41) is 5.36. The molecule has 1 unspecified atom stereocenters. The number of alkyl halides is 1. The standard InChI is InChI=1S/C15H19ClN2O2/c1-3-9(4-2)15(16)10-5-6-11-12(7-10)18-14(20)8-13(19)17-11/h5-7,9,15H,3-4,8H2,1-2H3,(H,17,19)(H,18,20). The van der Waals surface area contributed by atoms with Crippen LogP contribution in [0, 0.1) is 5.92 Å². The molecule has 108 valence electrons. The first kappa shape index (κ1) is 14.9. The molecule has 0 radical (unpaired) electrons. The lowest BCUT2D eigenvalue weighted by Crippen LogP contribution is -2.16. The van der Waals surface area contributed by atoms with E-state index in [9.17, 15) is 9.59 Å². The van der Waals surface area contributed by atoms with Crippen molar-refractivity contribution in [2.75, 3.05) is 10.6 Å². The molecule has 0 aromatic heterocycles. The molecule has 0 saturated heterocycles. The molecule has 0 saturated carbocycles. The van der Waals surface area contributed by atoms with E-state index in [4.69, 9.17) is 11.6 Å². The van der Waals surface area contributed by atoms with Crippen LogP contribution in [0.5, 0.6) is 0 Å². The van der Waals surface area contributed by atoms with Crippen LogP contribution in [0.25, 0.3) is 0 Å². The lowest BCUT2D eigenvalue weighted by Gasteiger charge is -2.20. The number of anilines is 2. The van der Waals surface area contributed by atoms with Gasteiger partial charge in [0, 0.05) is 0 Å². The Hall–Kier alpha value is -1.55. The highest BCUT2D eigenvalue weighted by Crippen LogP contribution is 2.36. The molecule has 1 heterocycles. The van der Waals surface area contributed by atoms with Gasteiger partial charge in [0.25, 0.3) is 0 Å². The van der Waals surface area contributed by atoms with Crippen molar-refractivity contribution < 1.29 is 9.59 Å². The summed E-state index contributed by atoms with van der Waals surface area (Å²) in [6.07, 6.45) is 1.86. The Bertz CT molecular complexity index is 527. The molecule has 1 atom stereocenters. The number of carbonyl (C=O) groups is 2. The number of amides is 2. The molecule has 0 bridgehead atoms. The molecule has 2 N–H and O–H groups in total. The first-order chi connectivity index (χ1) is 9.55. The highest BCUT2D eigenvalue weighted by atomic mass is 35.5. The van der Waals surface area contributed by atoms with Gasteiger partial charge in [0.2, 0.25) is 11.8 Å². The van der Waals surface area contributed by atoms with Gasteiger partial charge in [-0.15, -0.1) is 11.6 Å². The number of nitrogens with one attached hydrogen (secondary N) is 2. The van der Waals surface area contributed by atoms with Crippen LogP contribution in [0.15, 0.2) is 18.2 Å². The molecular formula is C15H19ClN2O2. The highest BCUT2D eigenvalue weighted by molar-refractivity contribution is 6.21. The molecule has 1 aromatic rings. The zero-order valence-electron chi connectivity index (χ0n) is 11.7. The van der Waals surface area contributed by atoms with Crippen LogP contribution in [-0.2, 0) is 9.59 Å². The average molecular weight is 295 g/mol. The molecule has 0 spiro atoms. The van der Waals surface area contributed by atoms with E-state index in [2.05, 4.69) is 24.5 Å². The van der Waals surface area contributed by atoms with Crippen LogP contribution in [0.1, 0.15) is 44.1 Å². The third-order valence-corrected chi connectivity index (χ3v) is 4.30. The number of rotatable bonds is 4. The Morgan fingerprint density at radius 1 is 1.10 bits per heavy atom. The summed E-state index contributed by atoms with van der Waals surface area (Å²) in [6.45, 7) is 4.24. The van der Waals surface area contributed by atoms with Gasteiger partial charge in [0.15, 0.2) is 0 Å². The summed E-state index contributed by atoms with van der Waals surface area (Å²) in [4.78, 5) is 23.1. The second kappa shape index (κ2) is 6.27. The van der Waals surface area contributed by atoms with Crippen LogP contribution < -0.4 is 10.6 Å². The SMILES string of the molecule is CCC(CC)C(Cl)c1ccc2c(c1)NC(=O)CC(=O)N2. The maximum Gasteiger partial charge on any atom is 0.233 e. The van der Waals surface area contributed by atoms with Crippen LogP contribution in [0.4, 0.5) is 11.4 Å². The minimum atomic E-state index is -0.299. The van der Waals surface area contributed by atoms with Crippen molar-refractivity contribution in [3.05, 3.63) is 23.8 Å². The van der Waals surface area contributed by atoms with Crippen LogP contribution in [0.2, 0.25) is 0 Å². The number of halogens is 1. The maximum absolute atomic E-state index is 11.6. The maximum atomic E-state index is 11.6. The van der Waals surface area contributed by atoms with Gasteiger partial charge in [-0.25, -0.2) is 0 Å². The van der Waals surface area contributed by atoms with Gasteiger partial charge in [-0.3, -0.25) is 9.59 Å². The van der Waals surface area contributed by atoms with E-state index in [0.717, 1.165) is 18.4 Å². The Morgan fingerprint density at radius 2 is 1.70 bits per heavy atom. The average Bonchev–Trinajstić information content (AvgIpc) is 2.55. The van der Waals surface area contributed by atoms with Gasteiger partial charge in [0.05, 0.1) is 16.8 Å². The van der Waals surface area contributed by atoms with E-state index >= 15 is 0 Å². The van der Waals surface area contributed by atoms with Gasteiger partial charge in [0.1, 0.15) is 6.42 Å². The minimum Gasteiger partial charge on any atom is -0.324 e. The minimum absolute atomic E-state index is 0.0915. The van der Waals surface area contributed by atoms with Crippen molar-refractivity contribution in [2.24, 2.45) is 5.92 Å². The molecule has 2 rings (SSSR count). The molecular weight excluding hydrogens is 276 g/mol. The van der Waals surface area contributed by atoms with Gasteiger partial charge < -0.3 is 10.6 Å². The van der Waals surface area contributed by atoms with Gasteiger partial charge in [-0.05, 0) is 23.6 Å². The fourth-order valence-corrected chi connectivity index (χ4v) is 2.95. The molecule has 1 aliphatic heterocycles. The van der Waals surface area contributed by atoms with Crippen LogP contribution >= 0.6 is 11.6 Å². The quantitative estimate of drug-likeness (QED) is 0.657. The monoisotopic (exact) mass is 294 g/mol. The molecule has 0 fully saturated rings. The van der Waals surface area contributed by atoms with Crippen molar-refractivity contribution in [2.45, 2.75) is 38.5 Å². The smallest absolute Gasteiger partial charge is 0.233 e. The Labute approximate surface area is 123 Å². The van der Waals surface area contributed by atoms with E-state index in [1.807, 2.05) is 12.1 Å². The van der Waals surface area contributed by atoms with Crippen molar-refractivity contribution in [1.29, 1.82) is 0 Å². The lowest BCUT2D eigenvalue weighted by molar-refractivity contribution is -0.123. The van der Waals surface area contributed by atoms with E-state index < -0.39 is 0 Å². The summed E-state index contributed by atoms with van der Waals surface area (Å²) in [7, 11) is 0. The lowest BCUT2D eigenvalue weighted by atomic mass is 9.93. The van der Waals surface area contributed by atoms with Crippen molar-refractivity contribution in [1.82, 2.24) is 0 Å². The molecule has 1 aliphatic rings. The Kier molecular flexibility index (Phi) is 4.65. The molecule has 20 heavy (non-hydrogen) atoms. The molecule has 0 aliphatic carbocycles. The topological polar surface area (TPSA) is 58.2 Å². The Morgan fingerprint density at radius 3 is 2.30 bits per heavy atom. The van der Waals surface area contributed by atoms with Crippen molar-refractivity contribution >= 4 is 34.8 Å². The molecule has 1 aromatic carbocycles. The fourth-order valence-electron chi connectivity index (χ4n) is 2.46. The molecule has 2 amide bonds. The number of hydrogen-bond donors (Lipinski definition) is 2. The van der Waals surface area contributed by atoms with Gasteiger partial charge in [-0.2, -0.15) is 0 Å². The summed E-state index contributed by atoms with van der Waals surface area (Å²) in [6, 6.07) is 5.56. The van der Waals surface area contributed by atoms with E-state index in [1.165, 1.54) is 0 Å². The Balaban J connectivity index is 2.31. The number of hydrogen-bond acceptors (Lipinski definition) is 2. The van der Waals surface area contributed by atoms with Crippen molar-refractivity contribution in [3.8, 4) is 0 Å². The predicted octanol–water partition coefficient (Wildman–Crippen LogP) is 3.68. The zero-order valence-corrected chi connectivity index (χ0v) is 12.5. The van der Waals surface area contributed by atoms with E-state index in [1.54, 1.807) is 6.07 Å². The largest absolute Gasteiger partial charge is 0.324 e. The number of fused-ring (bicyclic) bond motifs is 1. The number of benzene rings is 1.